The lowest BCUT2D eigenvalue weighted by molar-refractivity contribution is -0.117. The molecule has 0 aromatic heterocycles. The number of hydrogen-bond donors (Lipinski definition) is 1. The van der Waals surface area contributed by atoms with Crippen LogP contribution in [0, 0.1) is 6.92 Å². The van der Waals surface area contributed by atoms with E-state index < -0.39 is 10.0 Å². The highest BCUT2D eigenvalue weighted by Crippen LogP contribution is 2.16. The van der Waals surface area contributed by atoms with Gasteiger partial charge in [-0.15, -0.1) is 0 Å². The molecule has 140 valence electrons. The van der Waals surface area contributed by atoms with E-state index in [9.17, 15) is 13.2 Å². The van der Waals surface area contributed by atoms with Crippen molar-refractivity contribution < 1.29 is 13.2 Å². The van der Waals surface area contributed by atoms with Gasteiger partial charge in [0.05, 0.1) is 11.4 Å². The molecular weight excluding hydrogens is 350 g/mol. The Labute approximate surface area is 155 Å². The molecule has 1 amide bonds. The summed E-state index contributed by atoms with van der Waals surface area (Å²) in [4.78, 5) is 14.3. The highest BCUT2D eigenvalue weighted by Gasteiger charge is 2.17. The molecule has 0 atom stereocenters. The fourth-order valence-electron chi connectivity index (χ4n) is 2.50. The van der Waals surface area contributed by atoms with Crippen molar-refractivity contribution >= 4 is 21.6 Å². The number of aryl methyl sites for hydroxylation is 1. The number of hydrogen-bond acceptors (Lipinski definition) is 4. The Morgan fingerprint density at radius 3 is 2.19 bits per heavy atom. The molecule has 0 saturated heterocycles. The average molecular weight is 375 g/mol. The van der Waals surface area contributed by atoms with Crippen molar-refractivity contribution in [2.45, 2.75) is 18.4 Å². The zero-order valence-corrected chi connectivity index (χ0v) is 16.4. The summed E-state index contributed by atoms with van der Waals surface area (Å²) in [6.07, 6.45) is 0. The van der Waals surface area contributed by atoms with Crippen LogP contribution >= 0.6 is 0 Å². The number of carbonyl (C=O) groups is 1. The Bertz CT molecular complexity index is 862. The van der Waals surface area contributed by atoms with Crippen LogP contribution in [-0.4, -0.2) is 51.2 Å². The van der Waals surface area contributed by atoms with Gasteiger partial charge in [-0.1, -0.05) is 24.3 Å². The number of rotatable bonds is 7. The lowest BCUT2D eigenvalue weighted by atomic mass is 10.1. The standard InChI is InChI=1S/C19H25N3O3S/c1-15-7-5-6-8-16(15)13-22(4)14-19(23)20-17-9-11-18(12-10-17)26(24,25)21(2)3/h5-12H,13-14H2,1-4H3,(H,20,23). The minimum absolute atomic E-state index is 0.149. The molecule has 0 radical (unpaired) electrons. The Hall–Kier alpha value is -2.22. The van der Waals surface area contributed by atoms with Crippen molar-refractivity contribution in [1.29, 1.82) is 0 Å². The second-order valence-corrected chi connectivity index (χ2v) is 8.61. The molecule has 6 nitrogen and oxygen atoms in total. The molecule has 0 heterocycles. The zero-order chi connectivity index (χ0) is 19.3. The van der Waals surface area contributed by atoms with Crippen molar-refractivity contribution in [3.8, 4) is 0 Å². The fourth-order valence-corrected chi connectivity index (χ4v) is 3.40. The molecule has 7 heteroatoms. The topological polar surface area (TPSA) is 69.7 Å². The first-order chi connectivity index (χ1) is 12.2. The Morgan fingerprint density at radius 2 is 1.62 bits per heavy atom. The Balaban J connectivity index is 1.94. The van der Waals surface area contributed by atoms with E-state index in [0.717, 1.165) is 4.31 Å². The van der Waals surface area contributed by atoms with Crippen LogP contribution in [0.4, 0.5) is 5.69 Å². The third-order valence-electron chi connectivity index (χ3n) is 4.03. The minimum atomic E-state index is -3.47. The third kappa shape index (κ3) is 5.14. The quantitative estimate of drug-likeness (QED) is 0.806. The van der Waals surface area contributed by atoms with Gasteiger partial charge in [-0.2, -0.15) is 0 Å². The van der Waals surface area contributed by atoms with Crippen molar-refractivity contribution in [3.05, 3.63) is 59.7 Å². The number of anilines is 1. The van der Waals surface area contributed by atoms with Crippen LogP contribution in [-0.2, 0) is 21.4 Å². The summed E-state index contributed by atoms with van der Waals surface area (Å²) in [5.41, 5.74) is 2.94. The van der Waals surface area contributed by atoms with E-state index in [1.54, 1.807) is 12.1 Å². The van der Waals surface area contributed by atoms with Gasteiger partial charge in [0.15, 0.2) is 0 Å². The maximum atomic E-state index is 12.2. The number of amides is 1. The van der Waals surface area contributed by atoms with Gasteiger partial charge in [-0.05, 0) is 49.4 Å². The molecule has 0 aliphatic carbocycles. The fraction of sp³-hybridized carbons (Fsp3) is 0.316. The molecule has 26 heavy (non-hydrogen) atoms. The van der Waals surface area contributed by atoms with Gasteiger partial charge in [0.2, 0.25) is 15.9 Å². The zero-order valence-electron chi connectivity index (χ0n) is 15.6. The summed E-state index contributed by atoms with van der Waals surface area (Å²) in [5, 5.41) is 2.79. The van der Waals surface area contributed by atoms with Gasteiger partial charge < -0.3 is 5.32 Å². The summed E-state index contributed by atoms with van der Waals surface area (Å²) in [7, 11) is 1.38. The van der Waals surface area contributed by atoms with Crippen LogP contribution in [0.15, 0.2) is 53.4 Å². The van der Waals surface area contributed by atoms with Crippen LogP contribution in [0.1, 0.15) is 11.1 Å². The van der Waals surface area contributed by atoms with Gasteiger partial charge in [0.25, 0.3) is 0 Å². The molecule has 0 unspecified atom stereocenters. The monoisotopic (exact) mass is 375 g/mol. The van der Waals surface area contributed by atoms with E-state index in [4.69, 9.17) is 0 Å². The predicted octanol–water partition coefficient (Wildman–Crippen LogP) is 2.32. The average Bonchev–Trinajstić information content (AvgIpc) is 2.57. The maximum absolute atomic E-state index is 12.2. The number of sulfonamides is 1. The van der Waals surface area contributed by atoms with Crippen molar-refractivity contribution in [1.82, 2.24) is 9.21 Å². The highest BCUT2D eigenvalue weighted by atomic mass is 32.2. The van der Waals surface area contributed by atoms with E-state index in [0.29, 0.717) is 12.2 Å². The van der Waals surface area contributed by atoms with Gasteiger partial charge in [-0.25, -0.2) is 12.7 Å². The van der Waals surface area contributed by atoms with Crippen LogP contribution in [0.3, 0.4) is 0 Å². The number of carbonyl (C=O) groups excluding carboxylic acids is 1. The number of nitrogens with zero attached hydrogens (tertiary/aromatic N) is 2. The molecule has 0 aliphatic heterocycles. The van der Waals surface area contributed by atoms with Gasteiger partial charge in [-0.3, -0.25) is 9.69 Å². The minimum Gasteiger partial charge on any atom is -0.325 e. The first-order valence-electron chi connectivity index (χ1n) is 8.25. The molecule has 2 aromatic rings. The van der Waals surface area contributed by atoms with Gasteiger partial charge in [0, 0.05) is 26.3 Å². The van der Waals surface area contributed by atoms with Crippen LogP contribution in [0.5, 0.6) is 0 Å². The smallest absolute Gasteiger partial charge is 0.242 e. The van der Waals surface area contributed by atoms with E-state index >= 15 is 0 Å². The largest absolute Gasteiger partial charge is 0.325 e. The Morgan fingerprint density at radius 1 is 1.00 bits per heavy atom. The first-order valence-corrected chi connectivity index (χ1v) is 9.69. The summed E-state index contributed by atoms with van der Waals surface area (Å²) in [6.45, 7) is 2.97. The summed E-state index contributed by atoms with van der Waals surface area (Å²) < 4.78 is 25.2. The lowest BCUT2D eigenvalue weighted by Gasteiger charge is -2.18. The predicted molar refractivity (Wildman–Crippen MR) is 103 cm³/mol. The molecule has 1 N–H and O–H groups in total. The summed E-state index contributed by atoms with van der Waals surface area (Å²) in [5.74, 6) is -0.149. The molecule has 2 aromatic carbocycles. The number of likely N-dealkylation sites (N-methyl/N-ethyl adjacent to an activating group) is 1. The van der Waals surface area contributed by atoms with Gasteiger partial charge >= 0.3 is 0 Å². The maximum Gasteiger partial charge on any atom is 0.242 e. The van der Waals surface area contributed by atoms with Crippen molar-refractivity contribution in [3.63, 3.8) is 0 Å². The van der Waals surface area contributed by atoms with E-state index in [-0.39, 0.29) is 17.3 Å². The molecule has 0 fully saturated rings. The van der Waals surface area contributed by atoms with Gasteiger partial charge in [0.1, 0.15) is 0 Å². The van der Waals surface area contributed by atoms with Crippen LogP contribution in [0.25, 0.3) is 0 Å². The second-order valence-electron chi connectivity index (χ2n) is 6.46. The Kier molecular flexibility index (Phi) is 6.52. The molecule has 2 rings (SSSR count). The SMILES string of the molecule is Cc1ccccc1CN(C)CC(=O)Nc1ccc(S(=O)(=O)N(C)C)cc1. The molecule has 0 saturated carbocycles. The number of benzene rings is 2. The summed E-state index contributed by atoms with van der Waals surface area (Å²) in [6, 6.07) is 14.2. The van der Waals surface area contributed by atoms with E-state index in [1.165, 1.54) is 37.4 Å². The van der Waals surface area contributed by atoms with Crippen LogP contribution < -0.4 is 5.32 Å². The number of nitrogens with one attached hydrogen (secondary N) is 1. The molecule has 0 bridgehead atoms. The van der Waals surface area contributed by atoms with Crippen LogP contribution in [0.2, 0.25) is 0 Å². The van der Waals surface area contributed by atoms with Crippen molar-refractivity contribution in [2.24, 2.45) is 0 Å². The molecule has 0 aliphatic rings. The van der Waals surface area contributed by atoms with E-state index in [1.807, 2.05) is 43.1 Å². The third-order valence-corrected chi connectivity index (χ3v) is 5.86. The lowest BCUT2D eigenvalue weighted by Crippen LogP contribution is -2.30. The summed E-state index contributed by atoms with van der Waals surface area (Å²) >= 11 is 0. The van der Waals surface area contributed by atoms with E-state index in [2.05, 4.69) is 5.32 Å². The molecule has 0 spiro atoms. The highest BCUT2D eigenvalue weighted by molar-refractivity contribution is 7.89. The second kappa shape index (κ2) is 8.44. The normalized spacial score (nSPS) is 11.8. The molecular formula is C19H25N3O3S. The first kappa shape index (κ1) is 20.1. The van der Waals surface area contributed by atoms with Crippen molar-refractivity contribution in [2.75, 3.05) is 33.0 Å².